The number of unbranched alkanes of at least 4 members (excludes halogenated alkanes) is 4. The summed E-state index contributed by atoms with van der Waals surface area (Å²) >= 11 is 0. The lowest BCUT2D eigenvalue weighted by molar-refractivity contribution is 0.106. The van der Waals surface area contributed by atoms with Gasteiger partial charge in [-0.1, -0.05) is 62.3 Å². The molecule has 1 aromatic carbocycles. The van der Waals surface area contributed by atoms with Crippen LogP contribution in [-0.2, 0) is 9.47 Å². The van der Waals surface area contributed by atoms with E-state index >= 15 is 0 Å². The second-order valence-electron chi connectivity index (χ2n) is 6.69. The highest BCUT2D eigenvalue weighted by atomic mass is 16.5. The SMILES string of the molecule is CCCCCCC[C@@H](CCOC[C@@H]1COC(c2ccccc2)=N1)N=[N+]=[N-]. The van der Waals surface area contributed by atoms with Crippen LogP contribution in [0, 0.1) is 0 Å². The van der Waals surface area contributed by atoms with Crippen LogP contribution in [0.5, 0.6) is 0 Å². The fraction of sp³-hybridized carbons (Fsp3) is 0.650. The van der Waals surface area contributed by atoms with Crippen molar-refractivity contribution in [3.05, 3.63) is 46.3 Å². The number of hydrogen-bond acceptors (Lipinski definition) is 4. The second-order valence-corrected chi connectivity index (χ2v) is 6.69. The van der Waals surface area contributed by atoms with Crippen LogP contribution in [0.25, 0.3) is 10.4 Å². The van der Waals surface area contributed by atoms with E-state index in [1.807, 2.05) is 30.3 Å². The molecule has 142 valence electrons. The first-order chi connectivity index (χ1) is 12.8. The average molecular weight is 358 g/mol. The maximum absolute atomic E-state index is 8.73. The Balaban J connectivity index is 1.63. The summed E-state index contributed by atoms with van der Waals surface area (Å²) in [5, 5.41) is 3.91. The summed E-state index contributed by atoms with van der Waals surface area (Å²) in [7, 11) is 0. The van der Waals surface area contributed by atoms with Crippen LogP contribution in [0.2, 0.25) is 0 Å². The molecule has 0 bridgehead atoms. The molecule has 1 heterocycles. The van der Waals surface area contributed by atoms with E-state index in [1.165, 1.54) is 25.7 Å². The Bertz CT molecular complexity index is 585. The van der Waals surface area contributed by atoms with Crippen molar-refractivity contribution in [1.29, 1.82) is 0 Å². The van der Waals surface area contributed by atoms with Gasteiger partial charge in [-0.05, 0) is 30.5 Å². The molecule has 0 amide bonds. The number of azide groups is 1. The molecule has 6 heteroatoms. The van der Waals surface area contributed by atoms with Gasteiger partial charge >= 0.3 is 0 Å². The van der Waals surface area contributed by atoms with Crippen molar-refractivity contribution < 1.29 is 9.47 Å². The van der Waals surface area contributed by atoms with Gasteiger partial charge in [-0.25, -0.2) is 4.99 Å². The maximum Gasteiger partial charge on any atom is 0.216 e. The molecule has 0 aliphatic carbocycles. The fourth-order valence-corrected chi connectivity index (χ4v) is 2.99. The molecule has 1 aliphatic rings. The molecule has 26 heavy (non-hydrogen) atoms. The molecule has 0 fully saturated rings. The summed E-state index contributed by atoms with van der Waals surface area (Å²) in [5.41, 5.74) is 9.73. The molecule has 0 aromatic heterocycles. The average Bonchev–Trinajstić information content (AvgIpc) is 3.14. The zero-order valence-electron chi connectivity index (χ0n) is 15.7. The van der Waals surface area contributed by atoms with Crippen molar-refractivity contribution in [3.63, 3.8) is 0 Å². The molecule has 6 nitrogen and oxygen atoms in total. The Labute approximate surface area is 156 Å². The number of benzene rings is 1. The van der Waals surface area contributed by atoms with Gasteiger partial charge in [-0.2, -0.15) is 0 Å². The van der Waals surface area contributed by atoms with Gasteiger partial charge in [-0.3, -0.25) is 0 Å². The molecule has 2 rings (SSSR count). The number of hydrogen-bond donors (Lipinski definition) is 0. The monoisotopic (exact) mass is 358 g/mol. The lowest BCUT2D eigenvalue weighted by Crippen LogP contribution is -2.17. The molecule has 0 N–H and O–H groups in total. The molecular weight excluding hydrogens is 328 g/mol. The third-order valence-electron chi connectivity index (χ3n) is 4.49. The smallest absolute Gasteiger partial charge is 0.216 e. The van der Waals surface area contributed by atoms with Crippen molar-refractivity contribution in [2.24, 2.45) is 10.1 Å². The quantitative estimate of drug-likeness (QED) is 0.208. The molecule has 1 aliphatic heterocycles. The minimum atomic E-state index is 0.0323. The van der Waals surface area contributed by atoms with E-state index in [0.717, 1.165) is 24.8 Å². The maximum atomic E-state index is 8.73. The molecular formula is C20H30N4O2. The number of nitrogens with zero attached hydrogens (tertiary/aromatic N) is 4. The van der Waals surface area contributed by atoms with Crippen molar-refractivity contribution in [1.82, 2.24) is 0 Å². The van der Waals surface area contributed by atoms with Crippen molar-refractivity contribution in [2.45, 2.75) is 64.0 Å². The highest BCUT2D eigenvalue weighted by molar-refractivity contribution is 5.95. The number of aliphatic imine (C=N–C) groups is 1. The minimum absolute atomic E-state index is 0.0323. The molecule has 2 atom stereocenters. The zero-order valence-corrected chi connectivity index (χ0v) is 15.7. The van der Waals surface area contributed by atoms with Gasteiger partial charge in [-0.15, -0.1) is 0 Å². The third kappa shape index (κ3) is 7.46. The lowest BCUT2D eigenvalue weighted by Gasteiger charge is -2.12. The molecule has 1 aromatic rings. The van der Waals surface area contributed by atoms with E-state index in [-0.39, 0.29) is 12.1 Å². The molecule has 0 saturated carbocycles. The largest absolute Gasteiger partial charge is 0.475 e. The standard InChI is InChI=1S/C20H30N4O2/c1-2-3-4-5-9-12-18(23-24-21)13-14-25-15-19-16-26-20(22-19)17-10-7-6-8-11-17/h6-8,10-11,18-19H,2-5,9,12-16H2,1H3/t18-,19+/m0/s1. The van der Waals surface area contributed by atoms with E-state index in [0.29, 0.717) is 25.7 Å². The van der Waals surface area contributed by atoms with Crippen molar-refractivity contribution in [2.75, 3.05) is 19.8 Å². The first-order valence-electron chi connectivity index (χ1n) is 9.71. The Kier molecular flexibility index (Phi) is 9.62. The van der Waals surface area contributed by atoms with Crippen LogP contribution in [0.1, 0.15) is 57.4 Å². The summed E-state index contributed by atoms with van der Waals surface area (Å²) in [5.74, 6) is 0.693. The van der Waals surface area contributed by atoms with E-state index < -0.39 is 0 Å². The van der Waals surface area contributed by atoms with Crippen LogP contribution >= 0.6 is 0 Å². The fourth-order valence-electron chi connectivity index (χ4n) is 2.99. The summed E-state index contributed by atoms with van der Waals surface area (Å²) in [6.45, 7) is 3.89. The molecule has 0 saturated heterocycles. The topological polar surface area (TPSA) is 79.6 Å². The number of rotatable bonds is 13. The molecule has 0 spiro atoms. The Hall–Kier alpha value is -2.04. The molecule has 0 unspecified atom stereocenters. The van der Waals surface area contributed by atoms with Gasteiger partial charge in [0.2, 0.25) is 5.90 Å². The first kappa shape index (κ1) is 20.3. The summed E-state index contributed by atoms with van der Waals surface area (Å²) in [6, 6.07) is 9.98. The normalized spacial score (nSPS) is 17.3. The zero-order chi connectivity index (χ0) is 18.5. The third-order valence-corrected chi connectivity index (χ3v) is 4.49. The van der Waals surface area contributed by atoms with E-state index in [4.69, 9.17) is 15.0 Å². The summed E-state index contributed by atoms with van der Waals surface area (Å²) in [4.78, 5) is 7.56. The van der Waals surface area contributed by atoms with Crippen LogP contribution in [-0.4, -0.2) is 37.8 Å². The van der Waals surface area contributed by atoms with Gasteiger partial charge in [0.15, 0.2) is 0 Å². The van der Waals surface area contributed by atoms with Crippen LogP contribution in [0.3, 0.4) is 0 Å². The van der Waals surface area contributed by atoms with Gasteiger partial charge in [0.1, 0.15) is 12.6 Å². The summed E-state index contributed by atoms with van der Waals surface area (Å²) < 4.78 is 11.4. The van der Waals surface area contributed by atoms with Gasteiger partial charge in [0.25, 0.3) is 0 Å². The first-order valence-corrected chi connectivity index (χ1v) is 9.71. The number of ether oxygens (including phenoxy) is 2. The van der Waals surface area contributed by atoms with Gasteiger partial charge < -0.3 is 9.47 Å². The highest BCUT2D eigenvalue weighted by Gasteiger charge is 2.20. The predicted molar refractivity (Wildman–Crippen MR) is 104 cm³/mol. The van der Waals surface area contributed by atoms with Crippen molar-refractivity contribution in [3.8, 4) is 0 Å². The highest BCUT2D eigenvalue weighted by Crippen LogP contribution is 2.14. The van der Waals surface area contributed by atoms with Crippen LogP contribution < -0.4 is 0 Å². The van der Waals surface area contributed by atoms with E-state index in [1.54, 1.807) is 0 Å². The Morgan fingerprint density at radius 1 is 1.23 bits per heavy atom. The Morgan fingerprint density at radius 2 is 2.04 bits per heavy atom. The second kappa shape index (κ2) is 12.3. The van der Waals surface area contributed by atoms with E-state index in [2.05, 4.69) is 21.9 Å². The lowest BCUT2D eigenvalue weighted by atomic mass is 10.1. The van der Waals surface area contributed by atoms with Crippen molar-refractivity contribution >= 4 is 5.90 Å². The van der Waals surface area contributed by atoms with Gasteiger partial charge in [0.05, 0.1) is 6.61 Å². The Morgan fingerprint density at radius 3 is 2.81 bits per heavy atom. The summed E-state index contributed by atoms with van der Waals surface area (Å²) in [6.07, 6.45) is 7.82. The molecule has 0 radical (unpaired) electrons. The van der Waals surface area contributed by atoms with Crippen LogP contribution in [0.15, 0.2) is 40.4 Å². The minimum Gasteiger partial charge on any atom is -0.475 e. The van der Waals surface area contributed by atoms with Crippen LogP contribution in [0.4, 0.5) is 0 Å². The van der Waals surface area contributed by atoms with Gasteiger partial charge in [0, 0.05) is 23.1 Å². The van der Waals surface area contributed by atoms with E-state index in [9.17, 15) is 0 Å². The predicted octanol–water partition coefficient (Wildman–Crippen LogP) is 5.28.